The first-order valence-corrected chi connectivity index (χ1v) is 6.13. The number of nitrogens with zero attached hydrogens (tertiary/aromatic N) is 1. The summed E-state index contributed by atoms with van der Waals surface area (Å²) in [6.07, 6.45) is 0. The van der Waals surface area contributed by atoms with E-state index in [9.17, 15) is 0 Å². The van der Waals surface area contributed by atoms with Crippen molar-refractivity contribution in [3.05, 3.63) is 52.5 Å². The Morgan fingerprint density at radius 2 is 1.94 bits per heavy atom. The van der Waals surface area contributed by atoms with Crippen LogP contribution < -0.4 is 10.1 Å². The van der Waals surface area contributed by atoms with Crippen LogP contribution in [-0.2, 0) is 0 Å². The summed E-state index contributed by atoms with van der Waals surface area (Å²) in [4.78, 5) is 0. The number of halogens is 1. The molecule has 2 aromatic carbocycles. The van der Waals surface area contributed by atoms with Gasteiger partial charge in [0.2, 0.25) is 0 Å². The Hall–Kier alpha value is -1.99. The van der Waals surface area contributed by atoms with Crippen LogP contribution in [0, 0.1) is 11.3 Å². The fourth-order valence-electron chi connectivity index (χ4n) is 1.58. The molecule has 0 fully saturated rings. The number of ether oxygens (including phenoxy) is 1. The third kappa shape index (κ3) is 2.82. The summed E-state index contributed by atoms with van der Waals surface area (Å²) in [6, 6.07) is 15.2. The Kier molecular flexibility index (Phi) is 3.85. The molecule has 0 aliphatic rings. The van der Waals surface area contributed by atoms with Gasteiger partial charge in [0.15, 0.2) is 0 Å². The molecule has 2 rings (SSSR count). The lowest BCUT2D eigenvalue weighted by atomic mass is 10.2. The van der Waals surface area contributed by atoms with E-state index < -0.39 is 0 Å². The van der Waals surface area contributed by atoms with Gasteiger partial charge in [0.05, 0.1) is 23.2 Å². The van der Waals surface area contributed by atoms with Gasteiger partial charge in [0, 0.05) is 11.4 Å². The smallest absolute Gasteiger partial charge is 0.133 e. The molecule has 3 nitrogen and oxygen atoms in total. The first-order chi connectivity index (χ1) is 8.72. The van der Waals surface area contributed by atoms with E-state index in [2.05, 4.69) is 27.3 Å². The fraction of sp³-hybridized carbons (Fsp3) is 0.0714. The summed E-state index contributed by atoms with van der Waals surface area (Å²) in [5.41, 5.74) is 2.44. The second-order valence-corrected chi connectivity index (χ2v) is 4.52. The zero-order chi connectivity index (χ0) is 13.0. The normalized spacial score (nSPS) is 9.61. The lowest BCUT2D eigenvalue weighted by Gasteiger charge is -2.09. The van der Waals surface area contributed by atoms with Crippen LogP contribution in [0.2, 0.25) is 0 Å². The molecule has 4 heteroatoms. The molecule has 0 heterocycles. The van der Waals surface area contributed by atoms with Gasteiger partial charge in [-0.25, -0.2) is 0 Å². The minimum atomic E-state index is 0.632. The molecule has 0 atom stereocenters. The van der Waals surface area contributed by atoms with E-state index in [1.807, 2.05) is 30.3 Å². The molecular formula is C14H11BrN2O. The topological polar surface area (TPSA) is 45.0 Å². The second kappa shape index (κ2) is 5.56. The summed E-state index contributed by atoms with van der Waals surface area (Å²) in [7, 11) is 1.63. The first kappa shape index (κ1) is 12.5. The van der Waals surface area contributed by atoms with E-state index in [1.54, 1.807) is 19.2 Å². The van der Waals surface area contributed by atoms with Gasteiger partial charge >= 0.3 is 0 Å². The Morgan fingerprint density at radius 1 is 1.17 bits per heavy atom. The van der Waals surface area contributed by atoms with Crippen LogP contribution in [0.25, 0.3) is 0 Å². The number of nitriles is 1. The Labute approximate surface area is 114 Å². The lowest BCUT2D eigenvalue weighted by Crippen LogP contribution is -1.92. The summed E-state index contributed by atoms with van der Waals surface area (Å²) in [5.74, 6) is 0.784. The van der Waals surface area contributed by atoms with Crippen LogP contribution >= 0.6 is 15.9 Å². The van der Waals surface area contributed by atoms with Crippen molar-refractivity contribution in [2.75, 3.05) is 12.4 Å². The SMILES string of the molecule is COc1ccc(Nc2cccc(C#N)c2)cc1Br. The highest BCUT2D eigenvalue weighted by molar-refractivity contribution is 9.10. The molecule has 0 radical (unpaired) electrons. The molecule has 1 N–H and O–H groups in total. The zero-order valence-electron chi connectivity index (χ0n) is 9.77. The quantitative estimate of drug-likeness (QED) is 0.929. The number of hydrogen-bond acceptors (Lipinski definition) is 3. The van der Waals surface area contributed by atoms with E-state index in [-0.39, 0.29) is 0 Å². The van der Waals surface area contributed by atoms with Gasteiger partial charge in [-0.3, -0.25) is 0 Å². The Morgan fingerprint density at radius 3 is 2.61 bits per heavy atom. The number of rotatable bonds is 3. The maximum Gasteiger partial charge on any atom is 0.133 e. The molecule has 0 bridgehead atoms. The van der Waals surface area contributed by atoms with E-state index in [1.165, 1.54) is 0 Å². The molecular weight excluding hydrogens is 292 g/mol. The maximum atomic E-state index is 8.84. The van der Waals surface area contributed by atoms with Gasteiger partial charge in [-0.05, 0) is 52.3 Å². The van der Waals surface area contributed by atoms with Crippen molar-refractivity contribution in [3.8, 4) is 11.8 Å². The van der Waals surface area contributed by atoms with Crippen LogP contribution in [0.5, 0.6) is 5.75 Å². The minimum absolute atomic E-state index is 0.632. The molecule has 0 aromatic heterocycles. The van der Waals surface area contributed by atoms with Crippen LogP contribution in [0.3, 0.4) is 0 Å². The third-order valence-electron chi connectivity index (χ3n) is 2.43. The van der Waals surface area contributed by atoms with Gasteiger partial charge in [-0.15, -0.1) is 0 Å². The number of nitrogens with one attached hydrogen (secondary N) is 1. The molecule has 0 aliphatic heterocycles. The van der Waals surface area contributed by atoms with Crippen molar-refractivity contribution in [3.63, 3.8) is 0 Å². The van der Waals surface area contributed by atoms with Crippen molar-refractivity contribution in [1.29, 1.82) is 5.26 Å². The fourth-order valence-corrected chi connectivity index (χ4v) is 2.12. The number of benzene rings is 2. The monoisotopic (exact) mass is 302 g/mol. The van der Waals surface area contributed by atoms with Crippen LogP contribution in [0.15, 0.2) is 46.9 Å². The summed E-state index contributed by atoms with van der Waals surface area (Å²) < 4.78 is 6.05. The van der Waals surface area contributed by atoms with Crippen LogP contribution in [0.4, 0.5) is 11.4 Å². The van der Waals surface area contributed by atoms with E-state index >= 15 is 0 Å². The van der Waals surface area contributed by atoms with E-state index in [0.29, 0.717) is 5.56 Å². The van der Waals surface area contributed by atoms with Gasteiger partial charge < -0.3 is 10.1 Å². The molecule has 0 amide bonds. The first-order valence-electron chi connectivity index (χ1n) is 5.33. The van der Waals surface area contributed by atoms with E-state index in [4.69, 9.17) is 10.00 Å². The number of anilines is 2. The maximum absolute atomic E-state index is 8.84. The highest BCUT2D eigenvalue weighted by atomic mass is 79.9. The number of hydrogen-bond donors (Lipinski definition) is 1. The molecule has 0 saturated carbocycles. The van der Waals surface area contributed by atoms with Crippen molar-refractivity contribution < 1.29 is 4.74 Å². The Balaban J connectivity index is 2.23. The summed E-state index contributed by atoms with van der Waals surface area (Å²) in [6.45, 7) is 0. The summed E-state index contributed by atoms with van der Waals surface area (Å²) >= 11 is 3.43. The van der Waals surface area contributed by atoms with Crippen molar-refractivity contribution in [1.82, 2.24) is 0 Å². The average molecular weight is 303 g/mol. The largest absolute Gasteiger partial charge is 0.496 e. The average Bonchev–Trinajstić information content (AvgIpc) is 2.39. The van der Waals surface area contributed by atoms with Crippen molar-refractivity contribution in [2.24, 2.45) is 0 Å². The predicted molar refractivity (Wildman–Crippen MR) is 75.1 cm³/mol. The van der Waals surface area contributed by atoms with E-state index in [0.717, 1.165) is 21.6 Å². The van der Waals surface area contributed by atoms with Crippen molar-refractivity contribution in [2.45, 2.75) is 0 Å². The lowest BCUT2D eigenvalue weighted by molar-refractivity contribution is 0.412. The number of methoxy groups -OCH3 is 1. The zero-order valence-corrected chi connectivity index (χ0v) is 11.4. The van der Waals surface area contributed by atoms with Gasteiger partial charge in [-0.1, -0.05) is 6.07 Å². The van der Waals surface area contributed by atoms with Crippen molar-refractivity contribution >= 4 is 27.3 Å². The third-order valence-corrected chi connectivity index (χ3v) is 3.05. The molecule has 90 valence electrons. The standard InChI is InChI=1S/C14H11BrN2O/c1-18-14-6-5-12(8-13(14)15)17-11-4-2-3-10(7-11)9-16/h2-8,17H,1H3. The molecule has 0 spiro atoms. The minimum Gasteiger partial charge on any atom is -0.496 e. The molecule has 18 heavy (non-hydrogen) atoms. The van der Waals surface area contributed by atoms with Gasteiger partial charge in [-0.2, -0.15) is 5.26 Å². The van der Waals surface area contributed by atoms with Crippen LogP contribution in [0.1, 0.15) is 5.56 Å². The highest BCUT2D eigenvalue weighted by Crippen LogP contribution is 2.29. The second-order valence-electron chi connectivity index (χ2n) is 3.67. The van der Waals surface area contributed by atoms with Gasteiger partial charge in [0.1, 0.15) is 5.75 Å². The molecule has 0 saturated heterocycles. The summed E-state index contributed by atoms with van der Waals surface area (Å²) in [5, 5.41) is 12.1. The highest BCUT2D eigenvalue weighted by Gasteiger charge is 2.02. The molecule has 0 unspecified atom stereocenters. The molecule has 2 aromatic rings. The van der Waals surface area contributed by atoms with Crippen LogP contribution in [-0.4, -0.2) is 7.11 Å². The predicted octanol–water partition coefficient (Wildman–Crippen LogP) is 4.07. The Bertz CT molecular complexity index is 605. The molecule has 0 aliphatic carbocycles. The van der Waals surface area contributed by atoms with Gasteiger partial charge in [0.25, 0.3) is 0 Å².